The summed E-state index contributed by atoms with van der Waals surface area (Å²) in [5, 5.41) is 8.86. The number of rotatable bonds is 2. The van der Waals surface area contributed by atoms with Crippen molar-refractivity contribution in [2.24, 2.45) is 0 Å². The van der Waals surface area contributed by atoms with Crippen molar-refractivity contribution in [1.82, 2.24) is 0 Å². The van der Waals surface area contributed by atoms with Crippen LogP contribution in [-0.4, -0.2) is 19.4 Å². The van der Waals surface area contributed by atoms with E-state index in [0.717, 1.165) is 13.2 Å². The molecule has 1 aromatic carbocycles. The van der Waals surface area contributed by atoms with Gasteiger partial charge in [0.25, 0.3) is 0 Å². The minimum absolute atomic E-state index is 0.248. The van der Waals surface area contributed by atoms with E-state index in [0.29, 0.717) is 3.57 Å². The Kier molecular flexibility index (Phi) is 4.39. The molecular weight excluding hydrogens is 366 g/mol. The second kappa shape index (κ2) is 5.43. The molecule has 0 aliphatic carbocycles. The number of esters is 1. The Bertz CT molecular complexity index is 522. The summed E-state index contributed by atoms with van der Waals surface area (Å²) in [7, 11) is 1.07. The molecule has 0 saturated carbocycles. The van der Waals surface area contributed by atoms with Gasteiger partial charge in [-0.15, -0.1) is 13.2 Å². The van der Waals surface area contributed by atoms with Crippen molar-refractivity contribution in [1.29, 1.82) is 5.26 Å². The summed E-state index contributed by atoms with van der Waals surface area (Å²) in [6.45, 7) is 0. The van der Waals surface area contributed by atoms with Crippen LogP contribution in [0.25, 0.3) is 0 Å². The molecule has 0 heterocycles. The average Bonchev–Trinajstić information content (AvgIpc) is 2.28. The Morgan fingerprint density at radius 2 is 2.06 bits per heavy atom. The van der Waals surface area contributed by atoms with Crippen LogP contribution in [0.1, 0.15) is 15.9 Å². The molecule has 0 unspecified atom stereocenters. The fourth-order valence-corrected chi connectivity index (χ4v) is 1.85. The lowest BCUT2D eigenvalue weighted by atomic mass is 10.1. The summed E-state index contributed by atoms with van der Waals surface area (Å²) in [5.74, 6) is -1.63. The van der Waals surface area contributed by atoms with E-state index in [4.69, 9.17) is 5.26 Å². The van der Waals surface area contributed by atoms with Gasteiger partial charge in [-0.2, -0.15) is 5.26 Å². The molecule has 0 saturated heterocycles. The maximum atomic E-state index is 12.1. The maximum absolute atomic E-state index is 12.1. The number of alkyl halides is 3. The predicted molar refractivity (Wildman–Crippen MR) is 61.9 cm³/mol. The van der Waals surface area contributed by atoms with Crippen molar-refractivity contribution in [3.05, 3.63) is 26.8 Å². The highest BCUT2D eigenvalue weighted by atomic mass is 127. The van der Waals surface area contributed by atoms with Crippen LogP contribution in [0.3, 0.4) is 0 Å². The molecule has 4 nitrogen and oxygen atoms in total. The Hall–Kier alpha value is -1.50. The lowest BCUT2D eigenvalue weighted by molar-refractivity contribution is -0.274. The van der Waals surface area contributed by atoms with E-state index >= 15 is 0 Å². The van der Waals surface area contributed by atoms with Crippen LogP contribution in [-0.2, 0) is 4.74 Å². The van der Waals surface area contributed by atoms with Crippen LogP contribution in [0.5, 0.6) is 5.75 Å². The number of nitrogens with zero attached hydrogens (tertiary/aromatic N) is 1. The van der Waals surface area contributed by atoms with Crippen molar-refractivity contribution in [2.45, 2.75) is 6.36 Å². The van der Waals surface area contributed by atoms with Gasteiger partial charge in [-0.1, -0.05) is 0 Å². The van der Waals surface area contributed by atoms with Gasteiger partial charge in [0.15, 0.2) is 0 Å². The standard InChI is InChI=1S/C10H5F3INO3/c1-17-9(16)8-5(4-15)7(3-2-6(8)14)18-10(11,12)13/h2-3H,1H3. The summed E-state index contributed by atoms with van der Waals surface area (Å²) in [4.78, 5) is 11.4. The largest absolute Gasteiger partial charge is 0.573 e. The molecule has 0 aliphatic heterocycles. The molecule has 0 atom stereocenters. The van der Waals surface area contributed by atoms with Crippen LogP contribution in [0.4, 0.5) is 13.2 Å². The van der Waals surface area contributed by atoms with E-state index in [1.54, 1.807) is 22.6 Å². The first-order valence-corrected chi connectivity index (χ1v) is 5.44. The van der Waals surface area contributed by atoms with E-state index in [1.165, 1.54) is 12.1 Å². The highest BCUT2D eigenvalue weighted by Gasteiger charge is 2.33. The van der Waals surface area contributed by atoms with Gasteiger partial charge in [0, 0.05) is 3.57 Å². The van der Waals surface area contributed by atoms with Gasteiger partial charge in [-0.25, -0.2) is 4.79 Å². The van der Waals surface area contributed by atoms with Gasteiger partial charge in [-0.05, 0) is 34.7 Å². The lowest BCUT2D eigenvalue weighted by Crippen LogP contribution is -2.19. The van der Waals surface area contributed by atoms with Crippen molar-refractivity contribution >= 4 is 28.6 Å². The summed E-state index contributed by atoms with van der Waals surface area (Å²) in [5.41, 5.74) is -0.756. The molecule has 0 aromatic heterocycles. The topological polar surface area (TPSA) is 59.3 Å². The molecule has 0 aliphatic rings. The van der Waals surface area contributed by atoms with E-state index in [2.05, 4.69) is 9.47 Å². The molecular formula is C10H5F3INO3. The summed E-state index contributed by atoms with van der Waals surface area (Å²) >= 11 is 1.71. The number of nitriles is 1. The van der Waals surface area contributed by atoms with Crippen molar-refractivity contribution in [2.75, 3.05) is 7.11 Å². The fourth-order valence-electron chi connectivity index (χ4n) is 1.18. The SMILES string of the molecule is COC(=O)c1c(I)ccc(OC(F)(F)F)c1C#N. The zero-order chi connectivity index (χ0) is 13.9. The third-order valence-electron chi connectivity index (χ3n) is 1.84. The lowest BCUT2D eigenvalue weighted by Gasteiger charge is -2.12. The monoisotopic (exact) mass is 371 g/mol. The third kappa shape index (κ3) is 3.25. The number of benzene rings is 1. The van der Waals surface area contributed by atoms with E-state index in [9.17, 15) is 18.0 Å². The number of carbonyl (C=O) groups is 1. The Labute approximate surface area is 113 Å². The molecule has 1 aromatic rings. The number of halogens is 4. The Morgan fingerprint density at radius 1 is 1.44 bits per heavy atom. The average molecular weight is 371 g/mol. The first kappa shape index (κ1) is 14.6. The van der Waals surface area contributed by atoms with Crippen LogP contribution in [0, 0.1) is 14.9 Å². The Morgan fingerprint density at radius 3 is 2.50 bits per heavy atom. The smallest absolute Gasteiger partial charge is 0.465 e. The quantitative estimate of drug-likeness (QED) is 0.593. The van der Waals surface area contributed by atoms with Crippen LogP contribution in [0.15, 0.2) is 12.1 Å². The second-order valence-corrected chi connectivity index (χ2v) is 4.11. The van der Waals surface area contributed by atoms with E-state index in [1.807, 2.05) is 0 Å². The number of carbonyl (C=O) groups excluding carboxylic acids is 1. The maximum Gasteiger partial charge on any atom is 0.573 e. The number of ether oxygens (including phenoxy) is 2. The molecule has 0 radical (unpaired) electrons. The number of hydrogen-bond acceptors (Lipinski definition) is 4. The van der Waals surface area contributed by atoms with Gasteiger partial charge in [0.05, 0.1) is 12.7 Å². The molecule has 96 valence electrons. The number of methoxy groups -OCH3 is 1. The second-order valence-electron chi connectivity index (χ2n) is 2.95. The van der Waals surface area contributed by atoms with Crippen LogP contribution >= 0.6 is 22.6 Å². The fraction of sp³-hybridized carbons (Fsp3) is 0.200. The molecule has 0 spiro atoms. The van der Waals surface area contributed by atoms with Gasteiger partial charge in [0.1, 0.15) is 17.4 Å². The summed E-state index contributed by atoms with van der Waals surface area (Å²) < 4.78 is 44.8. The van der Waals surface area contributed by atoms with Gasteiger partial charge in [0.2, 0.25) is 0 Å². The Balaban J connectivity index is 3.40. The van der Waals surface area contributed by atoms with Crippen LogP contribution < -0.4 is 4.74 Å². The molecule has 0 N–H and O–H groups in total. The van der Waals surface area contributed by atoms with E-state index in [-0.39, 0.29) is 5.56 Å². The van der Waals surface area contributed by atoms with Gasteiger partial charge in [-0.3, -0.25) is 0 Å². The van der Waals surface area contributed by atoms with Crippen molar-refractivity contribution in [3.63, 3.8) is 0 Å². The minimum atomic E-state index is -4.94. The van der Waals surface area contributed by atoms with Gasteiger partial charge < -0.3 is 9.47 Å². The first-order valence-electron chi connectivity index (χ1n) is 4.36. The zero-order valence-electron chi connectivity index (χ0n) is 8.84. The summed E-state index contributed by atoms with van der Waals surface area (Å²) in [6, 6.07) is 3.72. The first-order chi connectivity index (χ1) is 8.30. The molecule has 8 heteroatoms. The molecule has 0 bridgehead atoms. The van der Waals surface area contributed by atoms with E-state index < -0.39 is 23.6 Å². The number of hydrogen-bond donors (Lipinski definition) is 0. The molecule has 0 amide bonds. The highest BCUT2D eigenvalue weighted by Crippen LogP contribution is 2.31. The normalized spacial score (nSPS) is 10.7. The van der Waals surface area contributed by atoms with Crippen molar-refractivity contribution in [3.8, 4) is 11.8 Å². The molecule has 18 heavy (non-hydrogen) atoms. The van der Waals surface area contributed by atoms with Crippen LogP contribution in [0.2, 0.25) is 0 Å². The van der Waals surface area contributed by atoms with Gasteiger partial charge >= 0.3 is 12.3 Å². The molecule has 0 fully saturated rings. The highest BCUT2D eigenvalue weighted by molar-refractivity contribution is 14.1. The third-order valence-corrected chi connectivity index (χ3v) is 2.74. The minimum Gasteiger partial charge on any atom is -0.465 e. The molecule has 1 rings (SSSR count). The summed E-state index contributed by atoms with van der Waals surface area (Å²) in [6.07, 6.45) is -4.94. The van der Waals surface area contributed by atoms with Crippen molar-refractivity contribution < 1.29 is 27.4 Å². The zero-order valence-corrected chi connectivity index (χ0v) is 11.0. The predicted octanol–water partition coefficient (Wildman–Crippen LogP) is 2.85.